The highest BCUT2D eigenvalue weighted by molar-refractivity contribution is 6.33. The Labute approximate surface area is 155 Å². The Kier molecular flexibility index (Phi) is 7.10. The van der Waals surface area contributed by atoms with Crippen molar-refractivity contribution in [2.24, 2.45) is 0 Å². The Balaban J connectivity index is 1.75. The molecule has 0 radical (unpaired) electrons. The SMILES string of the molecule is C[C@H](NC(=O)c1ccccc1Cl)C(=O)OCCOc1cccc(Cl)c1. The molecule has 0 aliphatic heterocycles. The molecule has 0 heterocycles. The number of hydrogen-bond acceptors (Lipinski definition) is 4. The smallest absolute Gasteiger partial charge is 0.328 e. The monoisotopic (exact) mass is 381 g/mol. The first-order chi connectivity index (χ1) is 12.0. The fraction of sp³-hybridized carbons (Fsp3) is 0.222. The number of rotatable bonds is 7. The Morgan fingerprint density at radius 2 is 1.84 bits per heavy atom. The van der Waals surface area contributed by atoms with Crippen LogP contribution in [0, 0.1) is 0 Å². The van der Waals surface area contributed by atoms with Crippen LogP contribution in [0.15, 0.2) is 48.5 Å². The fourth-order valence-electron chi connectivity index (χ4n) is 1.96. The van der Waals surface area contributed by atoms with Gasteiger partial charge in [-0.15, -0.1) is 0 Å². The van der Waals surface area contributed by atoms with Gasteiger partial charge in [-0.1, -0.05) is 41.4 Å². The third-order valence-corrected chi connectivity index (χ3v) is 3.78. The van der Waals surface area contributed by atoms with Crippen molar-refractivity contribution in [2.45, 2.75) is 13.0 Å². The predicted molar refractivity (Wildman–Crippen MR) is 96.3 cm³/mol. The van der Waals surface area contributed by atoms with E-state index in [0.29, 0.717) is 21.4 Å². The van der Waals surface area contributed by atoms with Crippen LogP contribution in [0.5, 0.6) is 5.75 Å². The molecule has 0 aliphatic carbocycles. The summed E-state index contributed by atoms with van der Waals surface area (Å²) in [6.07, 6.45) is 0. The predicted octanol–water partition coefficient (Wildman–Crippen LogP) is 3.73. The average Bonchev–Trinajstić information content (AvgIpc) is 2.58. The number of carbonyl (C=O) groups is 2. The van der Waals surface area contributed by atoms with E-state index in [1.807, 2.05) is 0 Å². The Hall–Kier alpha value is -2.24. The van der Waals surface area contributed by atoms with Gasteiger partial charge in [0.05, 0.1) is 10.6 Å². The Bertz CT molecular complexity index is 751. The van der Waals surface area contributed by atoms with Crippen molar-refractivity contribution < 1.29 is 19.1 Å². The van der Waals surface area contributed by atoms with E-state index >= 15 is 0 Å². The third-order valence-electron chi connectivity index (χ3n) is 3.21. The number of nitrogens with one attached hydrogen (secondary N) is 1. The largest absolute Gasteiger partial charge is 0.490 e. The minimum atomic E-state index is -0.810. The van der Waals surface area contributed by atoms with Gasteiger partial charge in [0.25, 0.3) is 5.91 Å². The summed E-state index contributed by atoms with van der Waals surface area (Å²) in [4.78, 5) is 24.0. The molecule has 132 valence electrons. The van der Waals surface area contributed by atoms with E-state index < -0.39 is 17.9 Å². The number of benzene rings is 2. The van der Waals surface area contributed by atoms with E-state index in [1.165, 1.54) is 6.92 Å². The third kappa shape index (κ3) is 5.96. The summed E-state index contributed by atoms with van der Waals surface area (Å²) in [7, 11) is 0. The molecule has 0 aliphatic rings. The number of esters is 1. The number of halogens is 2. The molecule has 0 bridgehead atoms. The number of ether oxygens (including phenoxy) is 2. The van der Waals surface area contributed by atoms with Crippen LogP contribution in [0.2, 0.25) is 10.0 Å². The van der Waals surface area contributed by atoms with Gasteiger partial charge < -0.3 is 14.8 Å². The molecular formula is C18H17Cl2NO4. The second kappa shape index (κ2) is 9.30. The standard InChI is InChI=1S/C18H17Cl2NO4/c1-12(21-17(22)15-7-2-3-8-16(15)20)18(23)25-10-9-24-14-6-4-5-13(19)11-14/h2-8,11-12H,9-10H2,1H3,(H,21,22)/t12-/m0/s1. The fourth-order valence-corrected chi connectivity index (χ4v) is 2.36. The van der Waals surface area contributed by atoms with Crippen LogP contribution < -0.4 is 10.1 Å². The van der Waals surface area contributed by atoms with Crippen LogP contribution in [-0.2, 0) is 9.53 Å². The maximum atomic E-state index is 12.1. The van der Waals surface area contributed by atoms with Gasteiger partial charge in [-0.3, -0.25) is 4.79 Å². The van der Waals surface area contributed by atoms with Crippen LogP contribution in [-0.4, -0.2) is 31.1 Å². The molecule has 0 spiro atoms. The second-order valence-corrected chi connectivity index (χ2v) is 5.99. The number of amides is 1. The van der Waals surface area contributed by atoms with Crippen molar-refractivity contribution >= 4 is 35.1 Å². The van der Waals surface area contributed by atoms with E-state index in [1.54, 1.807) is 48.5 Å². The van der Waals surface area contributed by atoms with Gasteiger partial charge in [-0.2, -0.15) is 0 Å². The van der Waals surface area contributed by atoms with Crippen LogP contribution in [0.1, 0.15) is 17.3 Å². The molecule has 0 aromatic heterocycles. The highest BCUT2D eigenvalue weighted by atomic mass is 35.5. The summed E-state index contributed by atoms with van der Waals surface area (Å²) in [6.45, 7) is 1.77. The van der Waals surface area contributed by atoms with E-state index in [9.17, 15) is 9.59 Å². The van der Waals surface area contributed by atoms with Gasteiger partial charge in [0.2, 0.25) is 0 Å². The molecule has 2 aromatic rings. The normalized spacial score (nSPS) is 11.5. The molecule has 0 saturated carbocycles. The molecule has 25 heavy (non-hydrogen) atoms. The lowest BCUT2D eigenvalue weighted by molar-refractivity contribution is -0.146. The minimum Gasteiger partial charge on any atom is -0.490 e. The summed E-state index contributed by atoms with van der Waals surface area (Å²) in [6, 6.07) is 12.7. The summed E-state index contributed by atoms with van der Waals surface area (Å²) in [5, 5.41) is 3.42. The molecule has 5 nitrogen and oxygen atoms in total. The van der Waals surface area contributed by atoms with E-state index in [2.05, 4.69) is 5.32 Å². The van der Waals surface area contributed by atoms with Crippen LogP contribution >= 0.6 is 23.2 Å². The molecule has 7 heteroatoms. The Morgan fingerprint density at radius 1 is 1.08 bits per heavy atom. The number of carbonyl (C=O) groups excluding carboxylic acids is 2. The molecule has 2 aromatic carbocycles. The van der Waals surface area contributed by atoms with Gasteiger partial charge >= 0.3 is 5.97 Å². The lowest BCUT2D eigenvalue weighted by Crippen LogP contribution is -2.40. The topological polar surface area (TPSA) is 64.6 Å². The van der Waals surface area contributed by atoms with Crippen LogP contribution in [0.25, 0.3) is 0 Å². The first-order valence-electron chi connectivity index (χ1n) is 7.58. The van der Waals surface area contributed by atoms with Gasteiger partial charge in [0, 0.05) is 5.02 Å². The molecule has 0 unspecified atom stereocenters. The summed E-state index contributed by atoms with van der Waals surface area (Å²) in [5.41, 5.74) is 0.299. The van der Waals surface area contributed by atoms with E-state index in [4.69, 9.17) is 32.7 Å². The van der Waals surface area contributed by atoms with Crippen molar-refractivity contribution in [1.29, 1.82) is 0 Å². The van der Waals surface area contributed by atoms with Crippen LogP contribution in [0.3, 0.4) is 0 Å². The second-order valence-electron chi connectivity index (χ2n) is 5.15. The van der Waals surface area contributed by atoms with Gasteiger partial charge in [0.1, 0.15) is 25.0 Å². The maximum absolute atomic E-state index is 12.1. The van der Waals surface area contributed by atoms with Crippen LogP contribution in [0.4, 0.5) is 0 Å². The lowest BCUT2D eigenvalue weighted by atomic mass is 10.2. The summed E-state index contributed by atoms with van der Waals surface area (Å²) >= 11 is 11.8. The van der Waals surface area contributed by atoms with Crippen molar-refractivity contribution in [2.75, 3.05) is 13.2 Å². The average molecular weight is 382 g/mol. The van der Waals surface area contributed by atoms with Gasteiger partial charge in [0.15, 0.2) is 0 Å². The molecule has 1 amide bonds. The van der Waals surface area contributed by atoms with Gasteiger partial charge in [-0.25, -0.2) is 4.79 Å². The highest BCUT2D eigenvalue weighted by Crippen LogP contribution is 2.17. The molecule has 1 atom stereocenters. The van der Waals surface area contributed by atoms with E-state index in [0.717, 1.165) is 0 Å². The van der Waals surface area contributed by atoms with Crippen molar-refractivity contribution in [1.82, 2.24) is 5.32 Å². The summed E-state index contributed by atoms with van der Waals surface area (Å²) < 4.78 is 10.5. The molecule has 0 saturated heterocycles. The first-order valence-corrected chi connectivity index (χ1v) is 8.33. The first kappa shape index (κ1) is 19.1. The quantitative estimate of drug-likeness (QED) is 0.586. The van der Waals surface area contributed by atoms with E-state index in [-0.39, 0.29) is 13.2 Å². The molecule has 2 rings (SSSR count). The zero-order chi connectivity index (χ0) is 18.2. The lowest BCUT2D eigenvalue weighted by Gasteiger charge is -2.14. The van der Waals surface area contributed by atoms with Crippen molar-refractivity contribution in [3.05, 3.63) is 64.1 Å². The zero-order valence-electron chi connectivity index (χ0n) is 13.5. The summed E-state index contributed by atoms with van der Waals surface area (Å²) in [5.74, 6) is -0.413. The highest BCUT2D eigenvalue weighted by Gasteiger charge is 2.19. The molecule has 1 N–H and O–H groups in total. The minimum absolute atomic E-state index is 0.0532. The molecule has 0 fully saturated rings. The Morgan fingerprint density at radius 3 is 2.56 bits per heavy atom. The number of hydrogen-bond donors (Lipinski definition) is 1. The maximum Gasteiger partial charge on any atom is 0.328 e. The van der Waals surface area contributed by atoms with Crippen molar-refractivity contribution in [3.63, 3.8) is 0 Å². The van der Waals surface area contributed by atoms with Crippen molar-refractivity contribution in [3.8, 4) is 5.75 Å². The van der Waals surface area contributed by atoms with Gasteiger partial charge in [-0.05, 0) is 37.3 Å². The zero-order valence-corrected chi connectivity index (χ0v) is 15.0. The molecular weight excluding hydrogens is 365 g/mol.